The van der Waals surface area contributed by atoms with Gasteiger partial charge in [0, 0.05) is 55.2 Å². The SMILES string of the molecule is Cl.NCCN(CCc1ccccc1)Cc1cnc(-c2ccncc2)s1. The number of benzene rings is 1. The zero-order valence-electron chi connectivity index (χ0n) is 14.0. The molecule has 1 aromatic carbocycles. The van der Waals surface area contributed by atoms with Crippen molar-refractivity contribution in [1.29, 1.82) is 0 Å². The first kappa shape index (κ1) is 19.5. The van der Waals surface area contributed by atoms with Crippen molar-refractivity contribution in [3.8, 4) is 10.6 Å². The second-order valence-electron chi connectivity index (χ2n) is 5.67. The van der Waals surface area contributed by atoms with Crippen LogP contribution in [0.15, 0.2) is 61.1 Å². The zero-order chi connectivity index (χ0) is 16.6. The second-order valence-corrected chi connectivity index (χ2v) is 6.78. The number of nitrogens with zero attached hydrogens (tertiary/aromatic N) is 3. The van der Waals surface area contributed by atoms with E-state index in [2.05, 4.69) is 45.2 Å². The number of halogens is 1. The summed E-state index contributed by atoms with van der Waals surface area (Å²) in [5.74, 6) is 0. The number of thiazole rings is 1. The van der Waals surface area contributed by atoms with Gasteiger partial charge in [-0.3, -0.25) is 9.88 Å². The zero-order valence-corrected chi connectivity index (χ0v) is 15.7. The Kier molecular flexibility index (Phi) is 8.01. The van der Waals surface area contributed by atoms with E-state index in [9.17, 15) is 0 Å². The summed E-state index contributed by atoms with van der Waals surface area (Å²) in [6.07, 6.45) is 6.62. The lowest BCUT2D eigenvalue weighted by Crippen LogP contribution is -2.30. The van der Waals surface area contributed by atoms with E-state index in [1.54, 1.807) is 23.7 Å². The van der Waals surface area contributed by atoms with Gasteiger partial charge in [0.2, 0.25) is 0 Å². The Morgan fingerprint density at radius 1 is 1.00 bits per heavy atom. The van der Waals surface area contributed by atoms with Crippen LogP contribution in [0, 0.1) is 0 Å². The highest BCUT2D eigenvalue weighted by Crippen LogP contribution is 2.25. The molecule has 6 heteroatoms. The average molecular weight is 375 g/mol. The molecule has 0 fully saturated rings. The monoisotopic (exact) mass is 374 g/mol. The van der Waals surface area contributed by atoms with E-state index in [-0.39, 0.29) is 12.4 Å². The number of nitrogens with two attached hydrogens (primary N) is 1. The molecule has 3 aromatic rings. The molecule has 25 heavy (non-hydrogen) atoms. The van der Waals surface area contributed by atoms with Crippen molar-refractivity contribution in [2.45, 2.75) is 13.0 Å². The van der Waals surface area contributed by atoms with Gasteiger partial charge in [-0.25, -0.2) is 4.98 Å². The van der Waals surface area contributed by atoms with Crippen molar-refractivity contribution in [3.05, 3.63) is 71.5 Å². The molecule has 3 rings (SSSR count). The van der Waals surface area contributed by atoms with Crippen molar-refractivity contribution in [3.63, 3.8) is 0 Å². The third-order valence-electron chi connectivity index (χ3n) is 3.87. The summed E-state index contributed by atoms with van der Waals surface area (Å²) in [6, 6.07) is 14.6. The van der Waals surface area contributed by atoms with Gasteiger partial charge in [-0.2, -0.15) is 0 Å². The predicted octanol–water partition coefficient (Wildman–Crippen LogP) is 3.63. The quantitative estimate of drug-likeness (QED) is 0.654. The van der Waals surface area contributed by atoms with Crippen LogP contribution in [0.1, 0.15) is 10.4 Å². The summed E-state index contributed by atoms with van der Waals surface area (Å²) in [7, 11) is 0. The molecule has 0 aliphatic carbocycles. The van der Waals surface area contributed by atoms with E-state index in [4.69, 9.17) is 5.73 Å². The molecule has 2 heterocycles. The molecule has 0 aliphatic heterocycles. The highest BCUT2D eigenvalue weighted by Gasteiger charge is 2.10. The minimum absolute atomic E-state index is 0. The minimum Gasteiger partial charge on any atom is -0.329 e. The first-order valence-corrected chi connectivity index (χ1v) is 8.98. The predicted molar refractivity (Wildman–Crippen MR) is 107 cm³/mol. The van der Waals surface area contributed by atoms with Crippen LogP contribution >= 0.6 is 23.7 Å². The molecular formula is C19H23ClN4S. The summed E-state index contributed by atoms with van der Waals surface area (Å²) >= 11 is 1.74. The number of aromatic nitrogens is 2. The molecule has 0 atom stereocenters. The Labute approximate surface area is 159 Å². The fraction of sp³-hybridized carbons (Fsp3) is 0.263. The lowest BCUT2D eigenvalue weighted by atomic mass is 10.1. The fourth-order valence-electron chi connectivity index (χ4n) is 2.61. The second kappa shape index (κ2) is 10.3. The van der Waals surface area contributed by atoms with Gasteiger partial charge in [0.1, 0.15) is 5.01 Å². The van der Waals surface area contributed by atoms with E-state index in [0.29, 0.717) is 6.54 Å². The Hall–Kier alpha value is -1.79. The van der Waals surface area contributed by atoms with Gasteiger partial charge < -0.3 is 5.73 Å². The smallest absolute Gasteiger partial charge is 0.123 e. The average Bonchev–Trinajstić information content (AvgIpc) is 3.10. The largest absolute Gasteiger partial charge is 0.329 e. The topological polar surface area (TPSA) is 55.0 Å². The first-order chi connectivity index (χ1) is 11.8. The first-order valence-electron chi connectivity index (χ1n) is 8.16. The third kappa shape index (κ3) is 5.90. The molecule has 2 aromatic heterocycles. The van der Waals surface area contributed by atoms with Crippen molar-refractivity contribution >= 4 is 23.7 Å². The molecule has 0 bridgehead atoms. The molecule has 0 saturated carbocycles. The van der Waals surface area contributed by atoms with Gasteiger partial charge >= 0.3 is 0 Å². The van der Waals surface area contributed by atoms with Gasteiger partial charge in [-0.1, -0.05) is 30.3 Å². The summed E-state index contributed by atoms with van der Waals surface area (Å²) in [4.78, 5) is 12.3. The highest BCUT2D eigenvalue weighted by atomic mass is 35.5. The summed E-state index contributed by atoms with van der Waals surface area (Å²) in [5.41, 5.74) is 8.27. The molecule has 0 spiro atoms. The number of hydrogen-bond donors (Lipinski definition) is 1. The van der Waals surface area contributed by atoms with E-state index < -0.39 is 0 Å². The third-order valence-corrected chi connectivity index (χ3v) is 4.90. The molecular weight excluding hydrogens is 352 g/mol. The normalized spacial score (nSPS) is 10.6. The van der Waals surface area contributed by atoms with E-state index in [1.165, 1.54) is 10.4 Å². The molecule has 0 radical (unpaired) electrons. The van der Waals surface area contributed by atoms with Crippen molar-refractivity contribution in [1.82, 2.24) is 14.9 Å². The van der Waals surface area contributed by atoms with Gasteiger partial charge in [-0.05, 0) is 24.1 Å². The van der Waals surface area contributed by atoms with Crippen molar-refractivity contribution in [2.24, 2.45) is 5.73 Å². The van der Waals surface area contributed by atoms with Gasteiger partial charge in [0.25, 0.3) is 0 Å². The Morgan fingerprint density at radius 2 is 1.76 bits per heavy atom. The Balaban J connectivity index is 0.00000225. The van der Waals surface area contributed by atoms with Crippen LogP contribution in [0.3, 0.4) is 0 Å². The number of rotatable bonds is 8. The van der Waals surface area contributed by atoms with Crippen LogP contribution < -0.4 is 5.73 Å². The van der Waals surface area contributed by atoms with Crippen LogP contribution in [0.4, 0.5) is 0 Å². The molecule has 0 amide bonds. The summed E-state index contributed by atoms with van der Waals surface area (Å²) in [5, 5.41) is 1.04. The van der Waals surface area contributed by atoms with Gasteiger partial charge in [0.15, 0.2) is 0 Å². The molecule has 2 N–H and O–H groups in total. The van der Waals surface area contributed by atoms with E-state index in [1.807, 2.05) is 18.3 Å². The maximum absolute atomic E-state index is 5.79. The molecule has 0 aliphatic rings. The molecule has 4 nitrogen and oxygen atoms in total. The highest BCUT2D eigenvalue weighted by molar-refractivity contribution is 7.15. The van der Waals surface area contributed by atoms with Crippen molar-refractivity contribution in [2.75, 3.05) is 19.6 Å². The lowest BCUT2D eigenvalue weighted by Gasteiger charge is -2.20. The van der Waals surface area contributed by atoms with Gasteiger partial charge in [-0.15, -0.1) is 23.7 Å². The number of pyridine rings is 1. The van der Waals surface area contributed by atoms with Gasteiger partial charge in [0.05, 0.1) is 0 Å². The maximum Gasteiger partial charge on any atom is 0.123 e. The van der Waals surface area contributed by atoms with Crippen LogP contribution in [0.5, 0.6) is 0 Å². The van der Waals surface area contributed by atoms with Crippen LogP contribution in [0.25, 0.3) is 10.6 Å². The van der Waals surface area contributed by atoms with E-state index in [0.717, 1.165) is 36.6 Å². The molecule has 0 saturated heterocycles. The summed E-state index contributed by atoms with van der Waals surface area (Å²) in [6.45, 7) is 3.47. The maximum atomic E-state index is 5.79. The minimum atomic E-state index is 0. The van der Waals surface area contributed by atoms with Crippen LogP contribution in [-0.4, -0.2) is 34.5 Å². The lowest BCUT2D eigenvalue weighted by molar-refractivity contribution is 0.278. The standard InChI is InChI=1S/C19H22N4S.ClH/c20-9-13-23(12-8-16-4-2-1-3-5-16)15-18-14-22-19(24-18)17-6-10-21-11-7-17;/h1-7,10-11,14H,8-9,12-13,15,20H2;1H. The van der Waals surface area contributed by atoms with Crippen molar-refractivity contribution < 1.29 is 0 Å². The molecule has 132 valence electrons. The Bertz CT molecular complexity index is 733. The molecule has 0 unspecified atom stereocenters. The fourth-order valence-corrected chi connectivity index (χ4v) is 3.57. The number of hydrogen-bond acceptors (Lipinski definition) is 5. The Morgan fingerprint density at radius 3 is 2.48 bits per heavy atom. The van der Waals surface area contributed by atoms with E-state index >= 15 is 0 Å². The summed E-state index contributed by atoms with van der Waals surface area (Å²) < 4.78 is 0. The van der Waals surface area contributed by atoms with Crippen LogP contribution in [0.2, 0.25) is 0 Å². The van der Waals surface area contributed by atoms with Crippen LogP contribution in [-0.2, 0) is 13.0 Å².